The Kier molecular flexibility index (Phi) is 5.40. The topological polar surface area (TPSA) is 44.8 Å². The molecule has 1 heterocycles. The van der Waals surface area contributed by atoms with Gasteiger partial charge in [-0.1, -0.05) is 51.1 Å². The van der Waals surface area contributed by atoms with Gasteiger partial charge in [-0.2, -0.15) is 0 Å². The van der Waals surface area contributed by atoms with Crippen molar-refractivity contribution in [2.75, 3.05) is 0 Å². The van der Waals surface area contributed by atoms with Crippen LogP contribution in [0.5, 0.6) is 0 Å². The molecule has 0 saturated carbocycles. The van der Waals surface area contributed by atoms with Gasteiger partial charge in [0.2, 0.25) is 0 Å². The first-order valence-corrected chi connectivity index (χ1v) is 11.4. The fourth-order valence-corrected chi connectivity index (χ4v) is 3.91. The lowest BCUT2D eigenvalue weighted by atomic mass is 9.98. The van der Waals surface area contributed by atoms with Crippen LogP contribution < -0.4 is 0 Å². The average molecular weight is 351 g/mol. The molecule has 5 heteroatoms. The third-order valence-corrected chi connectivity index (χ3v) is 9.43. The van der Waals surface area contributed by atoms with Crippen molar-refractivity contribution in [1.29, 1.82) is 0 Å². The lowest BCUT2D eigenvalue weighted by molar-refractivity contribution is -0.322. The van der Waals surface area contributed by atoms with Crippen molar-refractivity contribution in [1.82, 2.24) is 0 Å². The van der Waals surface area contributed by atoms with E-state index in [0.29, 0.717) is 0 Å². The summed E-state index contributed by atoms with van der Waals surface area (Å²) in [5, 5.41) is 0.0363. The molecule has 1 aromatic carbocycles. The van der Waals surface area contributed by atoms with Crippen molar-refractivity contribution in [2.24, 2.45) is 0 Å². The minimum atomic E-state index is -2.09. The van der Waals surface area contributed by atoms with Gasteiger partial charge < -0.3 is 18.7 Å². The van der Waals surface area contributed by atoms with E-state index in [2.05, 4.69) is 33.9 Å². The van der Waals surface area contributed by atoms with E-state index in [-0.39, 0.29) is 11.1 Å². The second-order valence-electron chi connectivity index (χ2n) is 8.41. The van der Waals surface area contributed by atoms with E-state index in [9.17, 15) is 4.79 Å². The summed E-state index contributed by atoms with van der Waals surface area (Å²) in [6, 6.07) is 9.93. The summed E-state index contributed by atoms with van der Waals surface area (Å²) in [6.07, 6.45) is -0.580. The molecule has 0 unspecified atom stereocenters. The van der Waals surface area contributed by atoms with Crippen LogP contribution >= 0.6 is 0 Å². The third-order valence-electron chi connectivity index (χ3n) is 4.95. The smallest absolute Gasteiger partial charge is 0.192 e. The Morgan fingerprint density at radius 3 is 2.21 bits per heavy atom. The molecule has 0 radical (unpaired) electrons. The highest BCUT2D eigenvalue weighted by Gasteiger charge is 2.49. The molecule has 4 nitrogen and oxygen atoms in total. The molecule has 3 atom stereocenters. The Hall–Kier alpha value is -1.01. The van der Waals surface area contributed by atoms with Crippen molar-refractivity contribution >= 4 is 14.6 Å². The van der Waals surface area contributed by atoms with Gasteiger partial charge >= 0.3 is 0 Å². The van der Waals surface area contributed by atoms with Gasteiger partial charge in [0.1, 0.15) is 18.3 Å². The number of aldehydes is 1. The number of benzene rings is 1. The Labute approximate surface area is 146 Å². The monoisotopic (exact) mass is 350 g/mol. The normalized spacial score (nSPS) is 27.7. The maximum atomic E-state index is 11.7. The number of carbonyl (C=O) groups is 1. The standard InChI is InChI=1S/C19H30O4Si/c1-18(2,3)24(6,7)23-17-15(13-20)21-19(4,5)22-16(17)14-11-9-8-10-12-14/h8-13,15-17H,1-7H3/t15-,16+,17-/m0/s1. The summed E-state index contributed by atoms with van der Waals surface area (Å²) in [5.41, 5.74) is 1.00. The maximum absolute atomic E-state index is 11.7. The van der Waals surface area contributed by atoms with Gasteiger partial charge in [-0.05, 0) is 37.5 Å². The van der Waals surface area contributed by atoms with E-state index in [1.165, 1.54) is 0 Å². The van der Waals surface area contributed by atoms with E-state index in [4.69, 9.17) is 13.9 Å². The quantitative estimate of drug-likeness (QED) is 0.594. The number of hydrogen-bond donors (Lipinski definition) is 0. The van der Waals surface area contributed by atoms with E-state index in [1.54, 1.807) is 0 Å². The molecular weight excluding hydrogens is 320 g/mol. The molecule has 134 valence electrons. The van der Waals surface area contributed by atoms with Crippen LogP contribution in [0.4, 0.5) is 0 Å². The molecule has 1 aromatic rings. The van der Waals surface area contributed by atoms with Gasteiger partial charge in [-0.15, -0.1) is 0 Å². The zero-order valence-corrected chi connectivity index (χ0v) is 16.8. The molecule has 0 amide bonds. The van der Waals surface area contributed by atoms with Gasteiger partial charge in [0.05, 0.1) is 0 Å². The van der Waals surface area contributed by atoms with Gasteiger partial charge in [0, 0.05) is 0 Å². The molecule has 1 fully saturated rings. The van der Waals surface area contributed by atoms with Crippen molar-refractivity contribution in [3.8, 4) is 0 Å². The van der Waals surface area contributed by atoms with E-state index >= 15 is 0 Å². The number of ether oxygens (including phenoxy) is 2. The van der Waals surface area contributed by atoms with Crippen LogP contribution in [0, 0.1) is 0 Å². The molecule has 1 saturated heterocycles. The highest BCUT2D eigenvalue weighted by Crippen LogP contribution is 2.43. The van der Waals surface area contributed by atoms with Crippen LogP contribution in [0.2, 0.25) is 18.1 Å². The van der Waals surface area contributed by atoms with Crippen LogP contribution in [0.3, 0.4) is 0 Å². The largest absolute Gasteiger partial charge is 0.408 e. The predicted molar refractivity (Wildman–Crippen MR) is 97.4 cm³/mol. The van der Waals surface area contributed by atoms with Gasteiger partial charge in [-0.3, -0.25) is 0 Å². The second-order valence-corrected chi connectivity index (χ2v) is 13.2. The first-order chi connectivity index (χ1) is 11.0. The predicted octanol–water partition coefficient (Wildman–Crippen LogP) is 4.47. The minimum Gasteiger partial charge on any atom is -0.408 e. The number of carbonyl (C=O) groups excluding carboxylic acids is 1. The van der Waals surface area contributed by atoms with Crippen LogP contribution in [0.1, 0.15) is 46.3 Å². The number of hydrogen-bond acceptors (Lipinski definition) is 4. The van der Waals surface area contributed by atoms with Gasteiger partial charge in [0.15, 0.2) is 20.4 Å². The zero-order valence-electron chi connectivity index (χ0n) is 15.8. The Morgan fingerprint density at radius 2 is 1.71 bits per heavy atom. The summed E-state index contributed by atoms with van der Waals surface area (Å²) in [4.78, 5) is 11.7. The van der Waals surface area contributed by atoms with E-state index < -0.39 is 26.3 Å². The number of rotatable bonds is 4. The van der Waals surface area contributed by atoms with Crippen LogP contribution in [0.15, 0.2) is 30.3 Å². The molecule has 1 aliphatic heterocycles. The summed E-state index contributed by atoms with van der Waals surface area (Å²) in [6.45, 7) is 14.6. The Morgan fingerprint density at radius 1 is 1.12 bits per heavy atom. The molecule has 0 spiro atoms. The summed E-state index contributed by atoms with van der Waals surface area (Å²) in [5.74, 6) is -0.834. The fourth-order valence-electron chi connectivity index (χ4n) is 2.62. The average Bonchev–Trinajstić information content (AvgIpc) is 2.48. The zero-order chi connectivity index (χ0) is 18.2. The van der Waals surface area contributed by atoms with Crippen LogP contribution in [-0.4, -0.2) is 32.6 Å². The first-order valence-electron chi connectivity index (χ1n) is 8.50. The molecule has 0 aromatic heterocycles. The van der Waals surface area contributed by atoms with Gasteiger partial charge in [0.25, 0.3) is 0 Å². The van der Waals surface area contributed by atoms with Gasteiger partial charge in [-0.25, -0.2) is 0 Å². The van der Waals surface area contributed by atoms with Crippen molar-refractivity contribution in [3.63, 3.8) is 0 Å². The molecule has 0 aliphatic carbocycles. The summed E-state index contributed by atoms with van der Waals surface area (Å²) in [7, 11) is -2.09. The molecule has 2 rings (SSSR count). The third kappa shape index (κ3) is 4.14. The lowest BCUT2D eigenvalue weighted by Crippen LogP contribution is -2.56. The molecule has 1 aliphatic rings. The van der Waals surface area contributed by atoms with Crippen molar-refractivity contribution in [3.05, 3.63) is 35.9 Å². The fraction of sp³-hybridized carbons (Fsp3) is 0.632. The molecule has 24 heavy (non-hydrogen) atoms. The van der Waals surface area contributed by atoms with E-state index in [1.807, 2.05) is 44.2 Å². The Balaban J connectivity index is 2.40. The summed E-state index contributed by atoms with van der Waals surface area (Å²) >= 11 is 0. The first kappa shape index (κ1) is 19.3. The SMILES string of the molecule is CC1(C)O[C@@H](C=O)[C@H](O[Si](C)(C)C(C)(C)C)[C@@H](c2ccccc2)O1. The highest BCUT2D eigenvalue weighted by atomic mass is 28.4. The van der Waals surface area contributed by atoms with Crippen molar-refractivity contribution < 1.29 is 18.7 Å². The minimum absolute atomic E-state index is 0.0363. The highest BCUT2D eigenvalue weighted by molar-refractivity contribution is 6.74. The summed E-state index contributed by atoms with van der Waals surface area (Å²) < 4.78 is 18.6. The maximum Gasteiger partial charge on any atom is 0.192 e. The second kappa shape index (κ2) is 6.71. The van der Waals surface area contributed by atoms with E-state index in [0.717, 1.165) is 11.8 Å². The Bertz CT molecular complexity index is 562. The molecule has 0 N–H and O–H groups in total. The molecular formula is C19H30O4Si. The van der Waals surface area contributed by atoms with Crippen LogP contribution in [0.25, 0.3) is 0 Å². The van der Waals surface area contributed by atoms with Crippen LogP contribution in [-0.2, 0) is 18.7 Å². The van der Waals surface area contributed by atoms with Crippen molar-refractivity contribution in [2.45, 2.75) is 76.8 Å². The molecule has 0 bridgehead atoms. The lowest BCUT2D eigenvalue weighted by Gasteiger charge is -2.48.